The maximum absolute atomic E-state index is 10.9. The zero-order valence-corrected chi connectivity index (χ0v) is 7.09. The third-order valence-corrected chi connectivity index (χ3v) is 1.19. The van der Waals surface area contributed by atoms with Gasteiger partial charge in [0, 0.05) is 5.57 Å². The van der Waals surface area contributed by atoms with E-state index in [0.717, 1.165) is 0 Å². The molecule has 0 aliphatic heterocycles. The Kier molecular flexibility index (Phi) is 5.17. The van der Waals surface area contributed by atoms with E-state index < -0.39 is 0 Å². The van der Waals surface area contributed by atoms with E-state index in [1.807, 2.05) is 0 Å². The van der Waals surface area contributed by atoms with E-state index in [0.29, 0.717) is 18.6 Å². The molecule has 0 unspecified atom stereocenters. The van der Waals surface area contributed by atoms with E-state index in [1.54, 1.807) is 26.0 Å². The fourth-order valence-electron chi connectivity index (χ4n) is 0.588. The second kappa shape index (κ2) is 5.71. The van der Waals surface area contributed by atoms with Crippen molar-refractivity contribution in [1.29, 1.82) is 0 Å². The molecule has 2 nitrogen and oxygen atoms in total. The molecule has 0 radical (unpaired) electrons. The van der Waals surface area contributed by atoms with Crippen LogP contribution in [0, 0.1) is 0 Å². The topological polar surface area (TPSA) is 26.3 Å². The van der Waals surface area contributed by atoms with Gasteiger partial charge in [0.2, 0.25) is 0 Å². The Hall–Kier alpha value is -1.05. The lowest BCUT2D eigenvalue weighted by atomic mass is 10.2. The molecule has 0 aliphatic rings. The first-order valence-electron chi connectivity index (χ1n) is 3.67. The molecule has 0 saturated heterocycles. The predicted molar refractivity (Wildman–Crippen MR) is 45.2 cm³/mol. The van der Waals surface area contributed by atoms with Crippen molar-refractivity contribution in [3.8, 4) is 0 Å². The summed E-state index contributed by atoms with van der Waals surface area (Å²) in [7, 11) is 0. The van der Waals surface area contributed by atoms with E-state index in [9.17, 15) is 4.79 Å². The Morgan fingerprint density at radius 2 is 2.27 bits per heavy atom. The van der Waals surface area contributed by atoms with Gasteiger partial charge in [-0.15, -0.1) is 6.58 Å². The van der Waals surface area contributed by atoms with Crippen molar-refractivity contribution in [1.82, 2.24) is 0 Å². The summed E-state index contributed by atoms with van der Waals surface area (Å²) in [6, 6.07) is 0. The molecule has 0 bridgehead atoms. The van der Waals surface area contributed by atoms with Crippen molar-refractivity contribution in [3.63, 3.8) is 0 Å². The van der Waals surface area contributed by atoms with Gasteiger partial charge >= 0.3 is 5.97 Å². The van der Waals surface area contributed by atoms with Crippen molar-refractivity contribution < 1.29 is 9.53 Å². The van der Waals surface area contributed by atoms with Gasteiger partial charge in [0.15, 0.2) is 0 Å². The van der Waals surface area contributed by atoms with Crippen molar-refractivity contribution >= 4 is 5.97 Å². The maximum atomic E-state index is 10.9. The molecule has 0 fully saturated rings. The zero-order chi connectivity index (χ0) is 8.69. The Morgan fingerprint density at radius 3 is 2.73 bits per heavy atom. The van der Waals surface area contributed by atoms with E-state index in [-0.39, 0.29) is 5.97 Å². The van der Waals surface area contributed by atoms with Gasteiger partial charge in [-0.3, -0.25) is 0 Å². The summed E-state index contributed by atoms with van der Waals surface area (Å²) in [5.74, 6) is -0.241. The van der Waals surface area contributed by atoms with Crippen LogP contribution in [-0.2, 0) is 9.53 Å². The molecule has 0 saturated carbocycles. The Bertz CT molecular complexity index is 168. The molecular weight excluding hydrogens is 140 g/mol. The van der Waals surface area contributed by atoms with Crippen LogP contribution in [0.1, 0.15) is 20.3 Å². The van der Waals surface area contributed by atoms with Gasteiger partial charge in [-0.1, -0.05) is 12.2 Å². The lowest BCUT2D eigenvalue weighted by Crippen LogP contribution is -2.04. The number of esters is 1. The number of allylic oxidation sites excluding steroid dienone is 2. The predicted octanol–water partition coefficient (Wildman–Crippen LogP) is 2.07. The van der Waals surface area contributed by atoms with Crippen LogP contribution in [-0.4, -0.2) is 12.6 Å². The van der Waals surface area contributed by atoms with E-state index in [4.69, 9.17) is 4.74 Å². The highest BCUT2D eigenvalue weighted by Gasteiger charge is 2.01. The van der Waals surface area contributed by atoms with Crippen molar-refractivity contribution in [2.24, 2.45) is 0 Å². The van der Waals surface area contributed by atoms with Crippen LogP contribution >= 0.6 is 0 Å². The summed E-state index contributed by atoms with van der Waals surface area (Å²) in [5, 5.41) is 0. The number of rotatable bonds is 4. The fraction of sp³-hybridized carbons (Fsp3) is 0.444. The normalized spacial score (nSPS) is 10.9. The van der Waals surface area contributed by atoms with Gasteiger partial charge in [0.1, 0.15) is 0 Å². The van der Waals surface area contributed by atoms with Crippen molar-refractivity contribution in [3.05, 3.63) is 24.3 Å². The summed E-state index contributed by atoms with van der Waals surface area (Å²) in [6.07, 6.45) is 4.25. The summed E-state index contributed by atoms with van der Waals surface area (Å²) in [4.78, 5) is 10.9. The molecule has 0 amide bonds. The van der Waals surface area contributed by atoms with Crippen molar-refractivity contribution in [2.75, 3.05) is 6.61 Å². The molecule has 62 valence electrons. The minimum absolute atomic E-state index is 0.241. The maximum Gasteiger partial charge on any atom is 0.333 e. The average molecular weight is 154 g/mol. The van der Waals surface area contributed by atoms with Crippen LogP contribution in [0.15, 0.2) is 24.3 Å². The number of carbonyl (C=O) groups is 1. The third kappa shape index (κ3) is 4.37. The third-order valence-electron chi connectivity index (χ3n) is 1.19. The van der Waals surface area contributed by atoms with Gasteiger partial charge < -0.3 is 4.74 Å². The Labute approximate surface area is 67.6 Å². The lowest BCUT2D eigenvalue weighted by molar-refractivity contribution is -0.138. The highest BCUT2D eigenvalue weighted by molar-refractivity contribution is 5.87. The van der Waals surface area contributed by atoms with Crippen LogP contribution in [0.4, 0.5) is 0 Å². The van der Waals surface area contributed by atoms with Crippen LogP contribution in [0.5, 0.6) is 0 Å². The van der Waals surface area contributed by atoms with E-state index in [1.165, 1.54) is 0 Å². The summed E-state index contributed by atoms with van der Waals surface area (Å²) in [6.45, 7) is 7.50. The highest BCUT2D eigenvalue weighted by Crippen LogP contribution is 1.98. The molecule has 0 atom stereocenters. The SMILES string of the molecule is C=CCC=C(C)C(=O)OCC. The molecule has 0 aromatic heterocycles. The summed E-state index contributed by atoms with van der Waals surface area (Å²) < 4.78 is 4.76. The van der Waals surface area contributed by atoms with Gasteiger partial charge in [0.25, 0.3) is 0 Å². The molecule has 2 heteroatoms. The van der Waals surface area contributed by atoms with Gasteiger partial charge in [-0.25, -0.2) is 4.79 Å². The zero-order valence-electron chi connectivity index (χ0n) is 7.09. The molecule has 0 N–H and O–H groups in total. The van der Waals surface area contributed by atoms with Crippen molar-refractivity contribution in [2.45, 2.75) is 20.3 Å². The number of hydrogen-bond acceptors (Lipinski definition) is 2. The van der Waals surface area contributed by atoms with Crippen LogP contribution in [0.3, 0.4) is 0 Å². The quantitative estimate of drug-likeness (QED) is 0.352. The standard InChI is InChI=1S/C9H14O2/c1-4-6-7-8(3)9(10)11-5-2/h4,7H,1,5-6H2,2-3H3. The highest BCUT2D eigenvalue weighted by atomic mass is 16.5. The molecule has 0 aromatic carbocycles. The summed E-state index contributed by atoms with van der Waals surface area (Å²) >= 11 is 0. The van der Waals surface area contributed by atoms with Crippen LogP contribution in [0.2, 0.25) is 0 Å². The Morgan fingerprint density at radius 1 is 1.64 bits per heavy atom. The summed E-state index contributed by atoms with van der Waals surface area (Å²) in [5.41, 5.74) is 0.645. The first kappa shape index (κ1) is 9.95. The second-order valence-corrected chi connectivity index (χ2v) is 2.13. The molecule has 0 rings (SSSR count). The molecular formula is C9H14O2. The molecule has 0 heterocycles. The van der Waals surface area contributed by atoms with Crippen LogP contribution in [0.25, 0.3) is 0 Å². The lowest BCUT2D eigenvalue weighted by Gasteiger charge is -1.99. The van der Waals surface area contributed by atoms with E-state index in [2.05, 4.69) is 6.58 Å². The number of hydrogen-bond donors (Lipinski definition) is 0. The molecule has 0 aliphatic carbocycles. The largest absolute Gasteiger partial charge is 0.463 e. The second-order valence-electron chi connectivity index (χ2n) is 2.13. The molecule has 0 spiro atoms. The number of ether oxygens (including phenoxy) is 1. The first-order chi connectivity index (χ1) is 5.22. The smallest absolute Gasteiger partial charge is 0.333 e. The monoisotopic (exact) mass is 154 g/mol. The number of carbonyl (C=O) groups excluding carboxylic acids is 1. The minimum Gasteiger partial charge on any atom is -0.463 e. The van der Waals surface area contributed by atoms with Gasteiger partial charge in [-0.05, 0) is 20.3 Å². The molecule has 0 aromatic rings. The Balaban J connectivity index is 3.89. The van der Waals surface area contributed by atoms with Gasteiger partial charge in [-0.2, -0.15) is 0 Å². The van der Waals surface area contributed by atoms with Crippen LogP contribution < -0.4 is 0 Å². The first-order valence-corrected chi connectivity index (χ1v) is 3.67. The minimum atomic E-state index is -0.241. The molecule has 11 heavy (non-hydrogen) atoms. The van der Waals surface area contributed by atoms with Gasteiger partial charge in [0.05, 0.1) is 6.61 Å². The fourth-order valence-corrected chi connectivity index (χ4v) is 0.588. The average Bonchev–Trinajstić information content (AvgIpc) is 2.00. The van der Waals surface area contributed by atoms with E-state index >= 15 is 0 Å².